The van der Waals surface area contributed by atoms with E-state index in [9.17, 15) is 9.59 Å². The summed E-state index contributed by atoms with van der Waals surface area (Å²) in [5.74, 6) is 0.432. The average molecular weight is 510 g/mol. The van der Waals surface area contributed by atoms with Crippen molar-refractivity contribution in [3.63, 3.8) is 0 Å². The maximum atomic E-state index is 13.8. The third-order valence-electron chi connectivity index (χ3n) is 5.77. The minimum Gasteiger partial charge on any atom is -0.493 e. The first-order valence-electron chi connectivity index (χ1n) is 10.9. The highest BCUT2D eigenvalue weighted by molar-refractivity contribution is 6.34. The number of fused-ring (bicyclic) bond motifs is 1. The van der Waals surface area contributed by atoms with Crippen molar-refractivity contribution in [1.29, 1.82) is 0 Å². The largest absolute Gasteiger partial charge is 0.493 e. The van der Waals surface area contributed by atoms with E-state index in [1.54, 1.807) is 30.5 Å². The van der Waals surface area contributed by atoms with Gasteiger partial charge in [0, 0.05) is 29.0 Å². The number of esters is 1. The van der Waals surface area contributed by atoms with Gasteiger partial charge in [-0.05, 0) is 48.4 Å². The molecule has 0 aliphatic heterocycles. The summed E-state index contributed by atoms with van der Waals surface area (Å²) in [4.78, 5) is 35.3. The molecule has 0 aliphatic carbocycles. The van der Waals surface area contributed by atoms with Gasteiger partial charge in [0.05, 0.1) is 40.4 Å². The first-order valence-corrected chi connectivity index (χ1v) is 11.2. The highest BCUT2D eigenvalue weighted by Crippen LogP contribution is 2.43. The molecule has 0 fully saturated rings. The Balaban J connectivity index is 2.18. The molecule has 4 rings (SSSR count). The van der Waals surface area contributed by atoms with Crippen LogP contribution in [0.5, 0.6) is 17.2 Å². The lowest BCUT2D eigenvalue weighted by atomic mass is 9.96. The molecule has 0 saturated heterocycles. The number of halogens is 1. The van der Waals surface area contributed by atoms with Crippen LogP contribution in [-0.4, -0.2) is 48.9 Å². The molecule has 10 heteroatoms. The van der Waals surface area contributed by atoms with Gasteiger partial charge >= 0.3 is 5.97 Å². The Hall–Kier alpha value is -4.11. The normalized spacial score (nSPS) is 10.8. The van der Waals surface area contributed by atoms with E-state index >= 15 is 0 Å². The molecule has 0 saturated carbocycles. The number of rotatable bonds is 7. The fourth-order valence-electron chi connectivity index (χ4n) is 4.21. The number of ether oxygens (including phenoxy) is 4. The number of nitrogens with zero attached hydrogens (tertiary/aromatic N) is 3. The summed E-state index contributed by atoms with van der Waals surface area (Å²) in [6.45, 7) is 1.92. The zero-order valence-corrected chi connectivity index (χ0v) is 21.2. The van der Waals surface area contributed by atoms with Gasteiger partial charge in [-0.1, -0.05) is 11.6 Å². The second-order valence-corrected chi connectivity index (χ2v) is 8.21. The molecule has 0 spiro atoms. The minimum absolute atomic E-state index is 0.0160. The predicted octanol–water partition coefficient (Wildman–Crippen LogP) is 4.28. The van der Waals surface area contributed by atoms with E-state index in [1.807, 2.05) is 13.0 Å². The van der Waals surface area contributed by atoms with E-state index in [0.29, 0.717) is 33.8 Å². The minimum atomic E-state index is -0.698. The van der Waals surface area contributed by atoms with Crippen molar-refractivity contribution in [2.75, 3.05) is 28.4 Å². The molecule has 0 amide bonds. The van der Waals surface area contributed by atoms with Crippen LogP contribution in [0, 0.1) is 6.92 Å². The zero-order chi connectivity index (χ0) is 26.0. The van der Waals surface area contributed by atoms with Crippen LogP contribution in [0.1, 0.15) is 21.7 Å². The zero-order valence-electron chi connectivity index (χ0n) is 20.4. The molecule has 0 bridgehead atoms. The Bertz CT molecular complexity index is 1510. The number of pyridine rings is 3. The van der Waals surface area contributed by atoms with Crippen LogP contribution in [0.4, 0.5) is 0 Å². The van der Waals surface area contributed by atoms with E-state index in [0.717, 1.165) is 11.3 Å². The van der Waals surface area contributed by atoms with Gasteiger partial charge < -0.3 is 18.9 Å². The Morgan fingerprint density at radius 1 is 0.972 bits per heavy atom. The molecule has 0 N–H and O–H groups in total. The Labute approximate surface area is 212 Å². The van der Waals surface area contributed by atoms with E-state index in [4.69, 9.17) is 30.5 Å². The smallest absolute Gasteiger partial charge is 0.355 e. The maximum Gasteiger partial charge on any atom is 0.355 e. The fraction of sp³-hybridized carbons (Fsp3) is 0.231. The standard InChI is InChI=1S/C26H24ClN3O6/c1-14-10-15(6-8-28-14)13-30-22(26(32)36-5)20(17-7-9-29-24(27)21(17)25(30)31)16-11-18(33-2)23(35-4)19(12-16)34-3/h6-12H,13H2,1-5H3. The average Bonchev–Trinajstić information content (AvgIpc) is 2.88. The number of hydrogen-bond donors (Lipinski definition) is 0. The van der Waals surface area contributed by atoms with E-state index < -0.39 is 11.5 Å². The third-order valence-corrected chi connectivity index (χ3v) is 6.06. The molecule has 1 aromatic carbocycles. The number of aromatic nitrogens is 3. The highest BCUT2D eigenvalue weighted by Gasteiger charge is 2.27. The van der Waals surface area contributed by atoms with E-state index in [1.165, 1.54) is 39.2 Å². The molecule has 3 heterocycles. The molecule has 4 aromatic rings. The van der Waals surface area contributed by atoms with Gasteiger partial charge in [0.25, 0.3) is 5.56 Å². The lowest BCUT2D eigenvalue weighted by molar-refractivity contribution is 0.0588. The number of methoxy groups -OCH3 is 4. The van der Waals surface area contributed by atoms with Crippen LogP contribution in [0.2, 0.25) is 5.15 Å². The first-order chi connectivity index (χ1) is 17.3. The topological polar surface area (TPSA) is 102 Å². The number of aryl methyl sites for hydroxylation is 1. The Kier molecular flexibility index (Phi) is 7.12. The summed E-state index contributed by atoms with van der Waals surface area (Å²) in [6.07, 6.45) is 3.12. The van der Waals surface area contributed by atoms with Crippen LogP contribution in [-0.2, 0) is 11.3 Å². The van der Waals surface area contributed by atoms with Crippen LogP contribution < -0.4 is 19.8 Å². The van der Waals surface area contributed by atoms with Gasteiger partial charge in [-0.25, -0.2) is 9.78 Å². The van der Waals surface area contributed by atoms with Crippen LogP contribution in [0.15, 0.2) is 47.5 Å². The van der Waals surface area contributed by atoms with Gasteiger partial charge in [-0.2, -0.15) is 0 Å². The molecular formula is C26H24ClN3O6. The van der Waals surface area contributed by atoms with Gasteiger partial charge in [0.1, 0.15) is 10.8 Å². The second-order valence-electron chi connectivity index (χ2n) is 7.85. The number of hydrogen-bond acceptors (Lipinski definition) is 8. The van der Waals surface area contributed by atoms with Gasteiger partial charge in [0.2, 0.25) is 5.75 Å². The third kappa shape index (κ3) is 4.33. The van der Waals surface area contributed by atoms with Gasteiger partial charge in [-0.15, -0.1) is 0 Å². The molecule has 0 atom stereocenters. The summed E-state index contributed by atoms with van der Waals surface area (Å²) in [6, 6.07) is 8.63. The van der Waals surface area contributed by atoms with Crippen LogP contribution >= 0.6 is 11.6 Å². The molecule has 186 valence electrons. The lowest BCUT2D eigenvalue weighted by Crippen LogP contribution is -2.29. The van der Waals surface area contributed by atoms with Crippen molar-refractivity contribution in [3.8, 4) is 28.4 Å². The molecule has 3 aromatic heterocycles. The Morgan fingerprint density at radius 2 is 1.64 bits per heavy atom. The first kappa shape index (κ1) is 25.0. The predicted molar refractivity (Wildman–Crippen MR) is 136 cm³/mol. The van der Waals surface area contributed by atoms with Crippen molar-refractivity contribution < 1.29 is 23.7 Å². The van der Waals surface area contributed by atoms with Crippen molar-refractivity contribution in [2.24, 2.45) is 0 Å². The summed E-state index contributed by atoms with van der Waals surface area (Å²) < 4.78 is 23.0. The molecule has 0 aliphatic rings. The molecule has 0 radical (unpaired) electrons. The van der Waals surface area contributed by atoms with Crippen LogP contribution in [0.25, 0.3) is 21.9 Å². The summed E-state index contributed by atoms with van der Waals surface area (Å²) in [5.41, 5.74) is 2.04. The highest BCUT2D eigenvalue weighted by atomic mass is 35.5. The fourth-order valence-corrected chi connectivity index (χ4v) is 4.45. The summed E-state index contributed by atoms with van der Waals surface area (Å²) in [7, 11) is 5.75. The quantitative estimate of drug-likeness (QED) is 0.269. The maximum absolute atomic E-state index is 13.8. The van der Waals surface area contributed by atoms with E-state index in [-0.39, 0.29) is 22.8 Å². The van der Waals surface area contributed by atoms with Gasteiger partial charge in [-0.3, -0.25) is 14.3 Å². The number of carbonyl (C=O) groups excluding carboxylic acids is 1. The SMILES string of the molecule is COC(=O)c1c(-c2cc(OC)c(OC)c(OC)c2)c2ccnc(Cl)c2c(=O)n1Cc1ccnc(C)c1. The molecule has 9 nitrogen and oxygen atoms in total. The van der Waals surface area contributed by atoms with Crippen molar-refractivity contribution in [3.05, 3.63) is 75.2 Å². The summed E-state index contributed by atoms with van der Waals surface area (Å²) in [5, 5.41) is 0.612. The van der Waals surface area contributed by atoms with Crippen LogP contribution in [0.3, 0.4) is 0 Å². The number of carbonyl (C=O) groups is 1. The van der Waals surface area contributed by atoms with Crippen molar-refractivity contribution >= 4 is 28.3 Å². The molecular weight excluding hydrogens is 486 g/mol. The molecule has 0 unspecified atom stereocenters. The monoisotopic (exact) mass is 509 g/mol. The van der Waals surface area contributed by atoms with Crippen molar-refractivity contribution in [2.45, 2.75) is 13.5 Å². The van der Waals surface area contributed by atoms with Gasteiger partial charge in [0.15, 0.2) is 11.5 Å². The number of benzene rings is 1. The van der Waals surface area contributed by atoms with E-state index in [2.05, 4.69) is 9.97 Å². The molecule has 36 heavy (non-hydrogen) atoms. The lowest BCUT2D eigenvalue weighted by Gasteiger charge is -2.20. The Morgan fingerprint density at radius 3 is 2.22 bits per heavy atom. The van der Waals surface area contributed by atoms with Crippen molar-refractivity contribution in [1.82, 2.24) is 14.5 Å². The summed E-state index contributed by atoms with van der Waals surface area (Å²) >= 11 is 6.43. The second kappa shape index (κ2) is 10.2.